The molecule has 0 atom stereocenters. The lowest BCUT2D eigenvalue weighted by molar-refractivity contribution is 0.0778. The van der Waals surface area contributed by atoms with Crippen LogP contribution in [-0.4, -0.2) is 51.8 Å². The Morgan fingerprint density at radius 2 is 1.93 bits per heavy atom. The summed E-state index contributed by atoms with van der Waals surface area (Å²) in [7, 11) is 1.73. The standard InChI is InChI=1S/C20H31FN4O2.HI/c1-3-22-19(25-15-20(9-6-10-20)11-14-27-2)24-13-12-23-18(26)16-7-4-5-8-17(16)21;/h4-5,7-8H,3,6,9-15H2,1-2H3,(H,23,26)(H2,22,24,25);1H. The van der Waals surface area contributed by atoms with E-state index in [4.69, 9.17) is 9.73 Å². The minimum atomic E-state index is -0.514. The third-order valence-corrected chi connectivity index (χ3v) is 4.99. The molecule has 1 amide bonds. The Bertz CT molecular complexity index is 638. The van der Waals surface area contributed by atoms with Gasteiger partial charge in [-0.1, -0.05) is 18.6 Å². The van der Waals surface area contributed by atoms with Crippen LogP contribution in [0.1, 0.15) is 43.0 Å². The zero-order valence-corrected chi connectivity index (χ0v) is 19.1. The van der Waals surface area contributed by atoms with Gasteiger partial charge in [-0.2, -0.15) is 0 Å². The van der Waals surface area contributed by atoms with Crippen molar-refractivity contribution in [2.24, 2.45) is 10.4 Å². The first kappa shape index (κ1) is 24.6. The number of carbonyl (C=O) groups is 1. The van der Waals surface area contributed by atoms with Crippen LogP contribution >= 0.6 is 24.0 Å². The minimum absolute atomic E-state index is 0. The normalized spacial score (nSPS) is 15.2. The number of aliphatic imine (C=N–C) groups is 1. The van der Waals surface area contributed by atoms with E-state index in [2.05, 4.69) is 16.0 Å². The Kier molecular flexibility index (Phi) is 11.4. The van der Waals surface area contributed by atoms with Crippen molar-refractivity contribution in [1.82, 2.24) is 16.0 Å². The molecule has 0 aliphatic heterocycles. The molecule has 0 saturated heterocycles. The number of benzene rings is 1. The highest BCUT2D eigenvalue weighted by atomic mass is 127. The van der Waals surface area contributed by atoms with Crippen molar-refractivity contribution in [3.05, 3.63) is 35.6 Å². The van der Waals surface area contributed by atoms with E-state index in [0.29, 0.717) is 13.1 Å². The summed E-state index contributed by atoms with van der Waals surface area (Å²) in [6.07, 6.45) is 4.67. The molecule has 0 aromatic heterocycles. The van der Waals surface area contributed by atoms with Gasteiger partial charge in [0.05, 0.1) is 5.56 Å². The minimum Gasteiger partial charge on any atom is -0.385 e. The molecule has 158 valence electrons. The highest BCUT2D eigenvalue weighted by molar-refractivity contribution is 14.0. The van der Waals surface area contributed by atoms with Crippen LogP contribution in [0.15, 0.2) is 29.3 Å². The molecule has 1 aromatic rings. The summed E-state index contributed by atoms with van der Waals surface area (Å²) >= 11 is 0. The van der Waals surface area contributed by atoms with Crippen molar-refractivity contribution in [3.63, 3.8) is 0 Å². The fraction of sp³-hybridized carbons (Fsp3) is 0.600. The number of methoxy groups -OCH3 is 1. The maximum atomic E-state index is 13.6. The number of nitrogens with zero attached hydrogens (tertiary/aromatic N) is 1. The lowest BCUT2D eigenvalue weighted by Gasteiger charge is -2.40. The molecule has 1 saturated carbocycles. The number of amides is 1. The van der Waals surface area contributed by atoms with Gasteiger partial charge in [-0.15, -0.1) is 24.0 Å². The zero-order chi connectivity index (χ0) is 19.5. The van der Waals surface area contributed by atoms with Crippen molar-refractivity contribution in [2.45, 2.75) is 32.6 Å². The number of rotatable bonds is 10. The maximum Gasteiger partial charge on any atom is 0.254 e. The van der Waals surface area contributed by atoms with Crippen LogP contribution in [0, 0.1) is 11.2 Å². The molecule has 2 rings (SSSR count). The maximum absolute atomic E-state index is 13.6. The molecule has 0 heterocycles. The zero-order valence-electron chi connectivity index (χ0n) is 16.7. The number of halogens is 2. The number of carbonyl (C=O) groups excluding carboxylic acids is 1. The second kappa shape index (κ2) is 12.9. The summed E-state index contributed by atoms with van der Waals surface area (Å²) < 4.78 is 18.8. The van der Waals surface area contributed by atoms with Gasteiger partial charge in [-0.25, -0.2) is 4.39 Å². The molecule has 1 fully saturated rings. The van der Waals surface area contributed by atoms with Crippen molar-refractivity contribution < 1.29 is 13.9 Å². The highest BCUT2D eigenvalue weighted by Crippen LogP contribution is 2.44. The molecule has 28 heavy (non-hydrogen) atoms. The fourth-order valence-electron chi connectivity index (χ4n) is 3.17. The van der Waals surface area contributed by atoms with E-state index in [-0.39, 0.29) is 35.0 Å². The molecule has 0 spiro atoms. The predicted octanol–water partition coefficient (Wildman–Crippen LogP) is 2.94. The van der Waals surface area contributed by atoms with Gasteiger partial charge < -0.3 is 20.7 Å². The smallest absolute Gasteiger partial charge is 0.254 e. The van der Waals surface area contributed by atoms with E-state index in [0.717, 1.165) is 32.1 Å². The van der Waals surface area contributed by atoms with Crippen molar-refractivity contribution in [3.8, 4) is 0 Å². The van der Waals surface area contributed by atoms with Gasteiger partial charge in [0, 0.05) is 39.9 Å². The number of hydrogen-bond acceptors (Lipinski definition) is 3. The van der Waals surface area contributed by atoms with Crippen molar-refractivity contribution >= 4 is 35.8 Å². The van der Waals surface area contributed by atoms with Crippen LogP contribution in [0.25, 0.3) is 0 Å². The van der Waals surface area contributed by atoms with Gasteiger partial charge >= 0.3 is 0 Å². The average molecular weight is 506 g/mol. The summed E-state index contributed by atoms with van der Waals surface area (Å²) in [5, 5.41) is 9.16. The van der Waals surface area contributed by atoms with Crippen LogP contribution in [-0.2, 0) is 4.74 Å². The number of hydrogen-bond donors (Lipinski definition) is 3. The van der Waals surface area contributed by atoms with Gasteiger partial charge in [0.2, 0.25) is 0 Å². The summed E-state index contributed by atoms with van der Waals surface area (Å²) in [5.41, 5.74) is 0.320. The first-order valence-corrected chi connectivity index (χ1v) is 9.64. The quantitative estimate of drug-likeness (QED) is 0.198. The number of guanidine groups is 1. The first-order chi connectivity index (χ1) is 13.1. The first-order valence-electron chi connectivity index (χ1n) is 9.64. The monoisotopic (exact) mass is 506 g/mol. The second-order valence-corrected chi connectivity index (χ2v) is 6.95. The van der Waals surface area contributed by atoms with E-state index in [1.54, 1.807) is 19.2 Å². The molecular formula is C20H32FIN4O2. The van der Waals surface area contributed by atoms with Gasteiger partial charge in [0.1, 0.15) is 5.82 Å². The SMILES string of the molecule is CCNC(=NCC1(CCOC)CCC1)NCCNC(=O)c1ccccc1F.I. The summed E-state index contributed by atoms with van der Waals surface area (Å²) in [4.78, 5) is 16.7. The Balaban J connectivity index is 0.00000392. The van der Waals surface area contributed by atoms with Gasteiger partial charge in [-0.05, 0) is 43.7 Å². The van der Waals surface area contributed by atoms with Crippen LogP contribution in [0.4, 0.5) is 4.39 Å². The van der Waals surface area contributed by atoms with Crippen LogP contribution in [0.5, 0.6) is 0 Å². The molecule has 8 heteroatoms. The lowest BCUT2D eigenvalue weighted by Crippen LogP contribution is -2.43. The van der Waals surface area contributed by atoms with Crippen LogP contribution < -0.4 is 16.0 Å². The predicted molar refractivity (Wildman–Crippen MR) is 121 cm³/mol. The Morgan fingerprint density at radius 3 is 2.54 bits per heavy atom. The van der Waals surface area contributed by atoms with E-state index in [1.807, 2.05) is 6.92 Å². The molecule has 1 aliphatic carbocycles. The molecule has 0 unspecified atom stereocenters. The van der Waals surface area contributed by atoms with E-state index >= 15 is 0 Å². The summed E-state index contributed by atoms with van der Waals surface area (Å²) in [6.45, 7) is 5.21. The van der Waals surface area contributed by atoms with Gasteiger partial charge in [-0.3, -0.25) is 9.79 Å². The Morgan fingerprint density at radius 1 is 1.21 bits per heavy atom. The number of nitrogens with one attached hydrogen (secondary N) is 3. The molecule has 0 radical (unpaired) electrons. The molecular weight excluding hydrogens is 474 g/mol. The lowest BCUT2D eigenvalue weighted by atomic mass is 9.67. The van der Waals surface area contributed by atoms with Crippen molar-refractivity contribution in [1.29, 1.82) is 0 Å². The topological polar surface area (TPSA) is 74.8 Å². The van der Waals surface area contributed by atoms with Crippen molar-refractivity contribution in [2.75, 3.05) is 39.9 Å². The molecule has 1 aliphatic rings. The van der Waals surface area contributed by atoms with Crippen LogP contribution in [0.3, 0.4) is 0 Å². The number of ether oxygens (including phenoxy) is 1. The van der Waals surface area contributed by atoms with E-state index < -0.39 is 11.7 Å². The second-order valence-electron chi connectivity index (χ2n) is 6.95. The largest absolute Gasteiger partial charge is 0.385 e. The molecule has 3 N–H and O–H groups in total. The van der Waals surface area contributed by atoms with E-state index in [1.165, 1.54) is 31.4 Å². The third-order valence-electron chi connectivity index (χ3n) is 4.99. The van der Waals surface area contributed by atoms with Crippen LogP contribution in [0.2, 0.25) is 0 Å². The molecule has 6 nitrogen and oxygen atoms in total. The summed E-state index contributed by atoms with van der Waals surface area (Å²) in [6, 6.07) is 5.96. The van der Waals surface area contributed by atoms with Gasteiger partial charge in [0.15, 0.2) is 5.96 Å². The third kappa shape index (κ3) is 7.54. The highest BCUT2D eigenvalue weighted by Gasteiger charge is 2.36. The van der Waals surface area contributed by atoms with Gasteiger partial charge in [0.25, 0.3) is 5.91 Å². The Hall–Kier alpha value is -1.42. The van der Waals surface area contributed by atoms with E-state index in [9.17, 15) is 9.18 Å². The Labute approximate surface area is 184 Å². The fourth-order valence-corrected chi connectivity index (χ4v) is 3.17. The molecule has 0 bridgehead atoms. The molecule has 1 aromatic carbocycles. The average Bonchev–Trinajstić information content (AvgIpc) is 2.64. The summed E-state index contributed by atoms with van der Waals surface area (Å²) in [5.74, 6) is -0.189.